The van der Waals surface area contributed by atoms with Gasteiger partial charge in [0.05, 0.1) is 5.60 Å². The van der Waals surface area contributed by atoms with Crippen LogP contribution < -0.4 is 5.32 Å². The van der Waals surface area contributed by atoms with Gasteiger partial charge in [-0.1, -0.05) is 18.2 Å². The standard InChI is InChI=1S/C11H14FNO.ClH/c12-10-4-2-1-3-9(10)7-11(14)5-6-13-8-11;/h1-4,13-14H,5-8H2;1H. The molecule has 1 unspecified atom stereocenters. The number of rotatable bonds is 2. The number of β-amino-alcohol motifs (C(OH)–C–C–N with tert-alkyl or cyclic N) is 1. The summed E-state index contributed by atoms with van der Waals surface area (Å²) in [6.45, 7) is 1.37. The topological polar surface area (TPSA) is 32.3 Å². The highest BCUT2D eigenvalue weighted by molar-refractivity contribution is 5.85. The van der Waals surface area contributed by atoms with E-state index in [0.717, 1.165) is 6.54 Å². The molecule has 1 saturated heterocycles. The third-order valence-corrected chi connectivity index (χ3v) is 2.70. The SMILES string of the molecule is Cl.OC1(Cc2ccccc2F)CCNC1. The lowest BCUT2D eigenvalue weighted by molar-refractivity contribution is 0.0610. The molecule has 1 aromatic rings. The number of halogens is 2. The fourth-order valence-corrected chi connectivity index (χ4v) is 1.88. The average molecular weight is 232 g/mol. The van der Waals surface area contributed by atoms with Crippen LogP contribution in [-0.4, -0.2) is 23.8 Å². The first-order chi connectivity index (χ1) is 6.70. The summed E-state index contributed by atoms with van der Waals surface area (Å²) >= 11 is 0. The number of benzene rings is 1. The molecule has 84 valence electrons. The number of aliphatic hydroxyl groups is 1. The van der Waals surface area contributed by atoms with Gasteiger partial charge in [0.2, 0.25) is 0 Å². The van der Waals surface area contributed by atoms with E-state index >= 15 is 0 Å². The van der Waals surface area contributed by atoms with E-state index in [1.807, 2.05) is 0 Å². The minimum atomic E-state index is -0.762. The van der Waals surface area contributed by atoms with E-state index in [9.17, 15) is 9.50 Å². The first kappa shape index (κ1) is 12.4. The normalized spacial score (nSPS) is 24.9. The van der Waals surface area contributed by atoms with E-state index in [1.165, 1.54) is 6.07 Å². The molecule has 2 nitrogen and oxygen atoms in total. The lowest BCUT2D eigenvalue weighted by atomic mass is 9.93. The Bertz CT molecular complexity index is 326. The quantitative estimate of drug-likeness (QED) is 0.809. The Morgan fingerprint density at radius 2 is 2.13 bits per heavy atom. The Kier molecular flexibility index (Phi) is 4.08. The van der Waals surface area contributed by atoms with E-state index < -0.39 is 5.60 Å². The van der Waals surface area contributed by atoms with Crippen molar-refractivity contribution >= 4 is 12.4 Å². The average Bonchev–Trinajstić information content (AvgIpc) is 2.57. The first-order valence-electron chi connectivity index (χ1n) is 4.86. The van der Waals surface area contributed by atoms with E-state index in [0.29, 0.717) is 24.9 Å². The molecular weight excluding hydrogens is 217 g/mol. The van der Waals surface area contributed by atoms with Crippen LogP contribution in [0.1, 0.15) is 12.0 Å². The van der Waals surface area contributed by atoms with Crippen LogP contribution in [-0.2, 0) is 6.42 Å². The van der Waals surface area contributed by atoms with Gasteiger partial charge in [-0.3, -0.25) is 0 Å². The molecule has 1 heterocycles. The van der Waals surface area contributed by atoms with Gasteiger partial charge in [-0.2, -0.15) is 0 Å². The lowest BCUT2D eigenvalue weighted by Gasteiger charge is -2.21. The maximum Gasteiger partial charge on any atom is 0.126 e. The van der Waals surface area contributed by atoms with Gasteiger partial charge in [0.1, 0.15) is 5.82 Å². The zero-order valence-corrected chi connectivity index (χ0v) is 9.19. The summed E-state index contributed by atoms with van der Waals surface area (Å²) in [7, 11) is 0. The van der Waals surface area contributed by atoms with Crippen molar-refractivity contribution in [2.24, 2.45) is 0 Å². The summed E-state index contributed by atoms with van der Waals surface area (Å²) in [5, 5.41) is 13.1. The monoisotopic (exact) mass is 231 g/mol. The van der Waals surface area contributed by atoms with Gasteiger partial charge in [-0.05, 0) is 24.6 Å². The van der Waals surface area contributed by atoms with E-state index in [-0.39, 0.29) is 18.2 Å². The maximum atomic E-state index is 13.3. The van der Waals surface area contributed by atoms with Gasteiger partial charge >= 0.3 is 0 Å². The van der Waals surface area contributed by atoms with Crippen LogP contribution in [0, 0.1) is 5.82 Å². The van der Waals surface area contributed by atoms with Gasteiger partial charge in [0, 0.05) is 13.0 Å². The third kappa shape index (κ3) is 2.91. The summed E-state index contributed by atoms with van der Waals surface area (Å²) in [5.41, 5.74) is -0.166. The number of hydrogen-bond donors (Lipinski definition) is 2. The lowest BCUT2D eigenvalue weighted by Crippen LogP contribution is -2.34. The predicted octanol–water partition coefficient (Wildman–Crippen LogP) is 1.51. The van der Waals surface area contributed by atoms with E-state index in [2.05, 4.69) is 5.32 Å². The second-order valence-electron chi connectivity index (χ2n) is 3.92. The van der Waals surface area contributed by atoms with Gasteiger partial charge in [0.15, 0.2) is 0 Å². The van der Waals surface area contributed by atoms with Crippen molar-refractivity contribution in [3.05, 3.63) is 35.6 Å². The molecule has 1 aliphatic heterocycles. The van der Waals surface area contributed by atoms with Gasteiger partial charge in [-0.15, -0.1) is 12.4 Å². The molecule has 1 fully saturated rings. The summed E-state index contributed by atoms with van der Waals surface area (Å²) in [6.07, 6.45) is 1.09. The molecule has 4 heteroatoms. The molecule has 0 spiro atoms. The second kappa shape index (κ2) is 4.92. The van der Waals surface area contributed by atoms with Gasteiger partial charge < -0.3 is 10.4 Å². The zero-order valence-electron chi connectivity index (χ0n) is 8.37. The van der Waals surface area contributed by atoms with Crippen molar-refractivity contribution < 1.29 is 9.50 Å². The third-order valence-electron chi connectivity index (χ3n) is 2.70. The van der Waals surface area contributed by atoms with Crippen LogP contribution in [0.25, 0.3) is 0 Å². The molecule has 0 aliphatic carbocycles. The summed E-state index contributed by atoms with van der Waals surface area (Å²) in [5.74, 6) is -0.229. The van der Waals surface area contributed by atoms with Crippen LogP contribution in [0.5, 0.6) is 0 Å². The van der Waals surface area contributed by atoms with Gasteiger partial charge in [0.25, 0.3) is 0 Å². The Morgan fingerprint density at radius 3 is 2.73 bits per heavy atom. The molecule has 0 saturated carbocycles. The van der Waals surface area contributed by atoms with Crippen molar-refractivity contribution in [2.75, 3.05) is 13.1 Å². The molecule has 1 aromatic carbocycles. The number of hydrogen-bond acceptors (Lipinski definition) is 2. The van der Waals surface area contributed by atoms with Crippen molar-refractivity contribution in [3.63, 3.8) is 0 Å². The fraction of sp³-hybridized carbons (Fsp3) is 0.455. The molecule has 0 aromatic heterocycles. The summed E-state index contributed by atoms with van der Waals surface area (Å²) < 4.78 is 13.3. The molecule has 0 radical (unpaired) electrons. The van der Waals surface area contributed by atoms with Crippen molar-refractivity contribution in [1.29, 1.82) is 0 Å². The molecule has 2 rings (SSSR count). The second-order valence-corrected chi connectivity index (χ2v) is 3.92. The highest BCUT2D eigenvalue weighted by atomic mass is 35.5. The van der Waals surface area contributed by atoms with Crippen molar-refractivity contribution in [1.82, 2.24) is 5.32 Å². The minimum Gasteiger partial charge on any atom is -0.388 e. The van der Waals surface area contributed by atoms with Crippen LogP contribution in [0.3, 0.4) is 0 Å². The number of nitrogens with one attached hydrogen (secondary N) is 1. The van der Waals surface area contributed by atoms with Crippen LogP contribution in [0.2, 0.25) is 0 Å². The summed E-state index contributed by atoms with van der Waals surface area (Å²) in [4.78, 5) is 0. The van der Waals surface area contributed by atoms with E-state index in [4.69, 9.17) is 0 Å². The maximum absolute atomic E-state index is 13.3. The largest absolute Gasteiger partial charge is 0.388 e. The molecule has 0 amide bonds. The fourth-order valence-electron chi connectivity index (χ4n) is 1.88. The summed E-state index contributed by atoms with van der Waals surface area (Å²) in [6, 6.07) is 6.62. The van der Waals surface area contributed by atoms with Crippen molar-refractivity contribution in [3.8, 4) is 0 Å². The minimum absolute atomic E-state index is 0. The Morgan fingerprint density at radius 1 is 1.40 bits per heavy atom. The highest BCUT2D eigenvalue weighted by Crippen LogP contribution is 2.21. The molecule has 2 N–H and O–H groups in total. The predicted molar refractivity (Wildman–Crippen MR) is 59.8 cm³/mol. The smallest absolute Gasteiger partial charge is 0.126 e. The van der Waals surface area contributed by atoms with Gasteiger partial charge in [-0.25, -0.2) is 4.39 Å². The molecule has 1 atom stereocenters. The molecular formula is C11H15ClFNO. The Balaban J connectivity index is 0.00000112. The van der Waals surface area contributed by atoms with Crippen LogP contribution in [0.4, 0.5) is 4.39 Å². The first-order valence-corrected chi connectivity index (χ1v) is 4.86. The zero-order chi connectivity index (χ0) is 10.0. The van der Waals surface area contributed by atoms with Crippen LogP contribution in [0.15, 0.2) is 24.3 Å². The molecule has 15 heavy (non-hydrogen) atoms. The Labute approximate surface area is 94.9 Å². The van der Waals surface area contributed by atoms with E-state index in [1.54, 1.807) is 18.2 Å². The Hall–Kier alpha value is -0.640. The van der Waals surface area contributed by atoms with Crippen LogP contribution >= 0.6 is 12.4 Å². The molecule has 1 aliphatic rings. The molecule has 0 bridgehead atoms. The van der Waals surface area contributed by atoms with Crippen molar-refractivity contribution in [2.45, 2.75) is 18.4 Å². The highest BCUT2D eigenvalue weighted by Gasteiger charge is 2.31.